The van der Waals surface area contributed by atoms with E-state index in [9.17, 15) is 19.5 Å². The standard InChI is InChI=1S/C30H28ClN5O6/c1-15-10-22(21(31)14-32-15)33-25-18-8-6-16(11-24(18)36(34-25)28(40)42-29(2,3)4)20-13-30(20)19-12-17(41-5)7-9-23(19)35(26(30)37)27(38)39/h6-12,14,20H,13H2,1-5H3,(H,38,39)(H,32,33,34)/t20-,30-/m0/s1. The third-order valence-corrected chi connectivity index (χ3v) is 7.88. The SMILES string of the molecule is COc1ccc2c(c1)[C@]1(C[C@H]1c1ccc3c(Nc4cc(C)ncc4Cl)nn(C(=O)OC(C)(C)C)c3c1)C(=O)N2C(=O)O. The van der Waals surface area contributed by atoms with Gasteiger partial charge in [-0.2, -0.15) is 4.68 Å². The lowest BCUT2D eigenvalue weighted by Crippen LogP contribution is -2.36. The molecule has 1 aliphatic heterocycles. The van der Waals surface area contributed by atoms with Gasteiger partial charge in [-0.25, -0.2) is 14.5 Å². The molecule has 12 heteroatoms. The van der Waals surface area contributed by atoms with Gasteiger partial charge in [-0.15, -0.1) is 5.10 Å². The van der Waals surface area contributed by atoms with Crippen LogP contribution in [-0.2, 0) is 14.9 Å². The van der Waals surface area contributed by atoms with Crippen LogP contribution in [0.2, 0.25) is 5.02 Å². The van der Waals surface area contributed by atoms with Crippen LogP contribution in [0.5, 0.6) is 5.75 Å². The van der Waals surface area contributed by atoms with Crippen LogP contribution in [0.4, 0.5) is 26.8 Å². The van der Waals surface area contributed by atoms with Crippen LogP contribution in [0.3, 0.4) is 0 Å². The summed E-state index contributed by atoms with van der Waals surface area (Å²) < 4.78 is 12.2. The van der Waals surface area contributed by atoms with Crippen molar-refractivity contribution < 1.29 is 29.0 Å². The highest BCUT2D eigenvalue weighted by Gasteiger charge is 2.68. The van der Waals surface area contributed by atoms with E-state index in [1.165, 1.54) is 18.0 Å². The van der Waals surface area contributed by atoms with Gasteiger partial charge in [0.1, 0.15) is 11.4 Å². The Balaban J connectivity index is 1.45. The average Bonchev–Trinajstić information content (AvgIpc) is 3.51. The number of ether oxygens (including phenoxy) is 2. The average molecular weight is 590 g/mol. The molecule has 42 heavy (non-hydrogen) atoms. The minimum Gasteiger partial charge on any atom is -0.497 e. The first kappa shape index (κ1) is 27.5. The van der Waals surface area contributed by atoms with Gasteiger partial charge in [0.25, 0.3) is 0 Å². The van der Waals surface area contributed by atoms with Gasteiger partial charge < -0.3 is 19.9 Å². The number of hydrogen-bond acceptors (Lipinski definition) is 8. The molecule has 1 spiro atoms. The van der Waals surface area contributed by atoms with Crippen molar-refractivity contribution in [1.82, 2.24) is 14.8 Å². The molecular formula is C30H28ClN5O6. The van der Waals surface area contributed by atoms with E-state index in [4.69, 9.17) is 21.1 Å². The Morgan fingerprint density at radius 2 is 1.93 bits per heavy atom. The molecule has 6 rings (SSSR count). The number of methoxy groups -OCH3 is 1. The zero-order valence-corrected chi connectivity index (χ0v) is 24.3. The Bertz CT molecular complexity index is 1810. The number of aromatic nitrogens is 3. The van der Waals surface area contributed by atoms with Crippen LogP contribution in [0, 0.1) is 6.92 Å². The lowest BCUT2D eigenvalue weighted by Gasteiger charge is -2.19. The largest absolute Gasteiger partial charge is 0.497 e. The van der Waals surface area contributed by atoms with E-state index in [-0.39, 0.29) is 5.92 Å². The summed E-state index contributed by atoms with van der Waals surface area (Å²) in [7, 11) is 1.52. The number of rotatable bonds is 4. The minimum absolute atomic E-state index is 0.326. The predicted molar refractivity (Wildman–Crippen MR) is 156 cm³/mol. The first-order valence-electron chi connectivity index (χ1n) is 13.3. The third kappa shape index (κ3) is 4.32. The summed E-state index contributed by atoms with van der Waals surface area (Å²) in [6, 6.07) is 12.2. The highest BCUT2D eigenvalue weighted by Crippen LogP contribution is 2.67. The van der Waals surface area contributed by atoms with Gasteiger partial charge >= 0.3 is 12.2 Å². The number of pyridine rings is 1. The molecule has 0 unspecified atom stereocenters. The summed E-state index contributed by atoms with van der Waals surface area (Å²) >= 11 is 6.37. The van der Waals surface area contributed by atoms with Gasteiger partial charge in [-0.1, -0.05) is 17.7 Å². The van der Waals surface area contributed by atoms with E-state index in [2.05, 4.69) is 15.4 Å². The summed E-state index contributed by atoms with van der Waals surface area (Å²) in [4.78, 5) is 44.0. The lowest BCUT2D eigenvalue weighted by atomic mass is 9.91. The fourth-order valence-corrected chi connectivity index (χ4v) is 5.81. The van der Waals surface area contributed by atoms with Gasteiger partial charge in [-0.3, -0.25) is 9.78 Å². The molecule has 3 heterocycles. The van der Waals surface area contributed by atoms with E-state index >= 15 is 0 Å². The number of nitrogens with one attached hydrogen (secondary N) is 1. The maximum absolute atomic E-state index is 13.6. The van der Waals surface area contributed by atoms with Crippen molar-refractivity contribution in [3.05, 3.63) is 70.5 Å². The van der Waals surface area contributed by atoms with Crippen molar-refractivity contribution in [2.24, 2.45) is 0 Å². The topological polar surface area (TPSA) is 136 Å². The summed E-state index contributed by atoms with van der Waals surface area (Å²) in [6.45, 7) is 7.13. The van der Waals surface area contributed by atoms with Crippen LogP contribution in [0.1, 0.15) is 49.9 Å². The normalized spacial score (nSPS) is 19.2. The van der Waals surface area contributed by atoms with Crippen molar-refractivity contribution in [3.63, 3.8) is 0 Å². The first-order chi connectivity index (χ1) is 19.8. The molecule has 11 nitrogen and oxygen atoms in total. The van der Waals surface area contributed by atoms with Crippen molar-refractivity contribution in [3.8, 4) is 5.75 Å². The first-order valence-corrected chi connectivity index (χ1v) is 13.6. The second-order valence-electron chi connectivity index (χ2n) is 11.5. The summed E-state index contributed by atoms with van der Waals surface area (Å²) in [6.07, 6.45) is -0.0841. The monoisotopic (exact) mass is 589 g/mol. The molecule has 2 amide bonds. The maximum atomic E-state index is 13.6. The van der Waals surface area contributed by atoms with E-state index in [0.29, 0.717) is 50.9 Å². The highest BCUT2D eigenvalue weighted by atomic mass is 35.5. The molecule has 1 saturated carbocycles. The van der Waals surface area contributed by atoms with Crippen LogP contribution >= 0.6 is 11.6 Å². The van der Waals surface area contributed by atoms with Crippen LogP contribution in [0.25, 0.3) is 10.9 Å². The number of halogens is 1. The van der Waals surface area contributed by atoms with Crippen molar-refractivity contribution in [2.45, 2.75) is 51.0 Å². The summed E-state index contributed by atoms with van der Waals surface area (Å²) in [5.74, 6) is 0.0665. The van der Waals surface area contributed by atoms with E-state index in [1.54, 1.807) is 51.1 Å². The number of carboxylic acid groups (broad SMARTS) is 1. The quantitative estimate of drug-likeness (QED) is 0.278. The summed E-state index contributed by atoms with van der Waals surface area (Å²) in [5.41, 5.74) is 1.62. The zero-order valence-electron chi connectivity index (χ0n) is 23.6. The third-order valence-electron chi connectivity index (χ3n) is 7.58. The number of amides is 2. The molecule has 2 N–H and O–H groups in total. The maximum Gasteiger partial charge on any atom is 0.435 e. The van der Waals surface area contributed by atoms with Gasteiger partial charge in [0.2, 0.25) is 5.91 Å². The molecule has 2 aromatic heterocycles. The predicted octanol–water partition coefficient (Wildman–Crippen LogP) is 6.38. The van der Waals surface area contributed by atoms with Crippen molar-refractivity contribution in [1.29, 1.82) is 0 Å². The van der Waals surface area contributed by atoms with Gasteiger partial charge in [-0.05, 0) is 81.6 Å². The Labute approximate surface area is 246 Å². The fraction of sp³-hybridized carbons (Fsp3) is 0.300. The fourth-order valence-electron chi connectivity index (χ4n) is 5.66. The minimum atomic E-state index is -1.34. The van der Waals surface area contributed by atoms with E-state index < -0.39 is 29.1 Å². The van der Waals surface area contributed by atoms with Crippen molar-refractivity contribution >= 4 is 57.8 Å². The Hall–Kier alpha value is -4.64. The summed E-state index contributed by atoms with van der Waals surface area (Å²) in [5, 5.41) is 18.6. The molecule has 0 radical (unpaired) electrons. The molecule has 0 saturated heterocycles. The van der Waals surface area contributed by atoms with Crippen LogP contribution < -0.4 is 15.0 Å². The number of nitrogens with zero attached hydrogens (tertiary/aromatic N) is 4. The van der Waals surface area contributed by atoms with Crippen molar-refractivity contribution in [2.75, 3.05) is 17.3 Å². The Morgan fingerprint density at radius 1 is 1.17 bits per heavy atom. The van der Waals surface area contributed by atoms with Crippen LogP contribution in [-0.4, -0.2) is 50.7 Å². The molecule has 216 valence electrons. The number of carbonyl (C=O) groups is 3. The Morgan fingerprint density at radius 3 is 2.62 bits per heavy atom. The molecular weight excluding hydrogens is 562 g/mol. The van der Waals surface area contributed by atoms with E-state index in [1.807, 2.05) is 19.1 Å². The number of fused-ring (bicyclic) bond motifs is 3. The molecule has 4 aromatic rings. The number of hydrogen-bond donors (Lipinski definition) is 2. The smallest absolute Gasteiger partial charge is 0.435 e. The molecule has 1 aliphatic carbocycles. The molecule has 2 aliphatic rings. The second-order valence-corrected chi connectivity index (χ2v) is 11.9. The Kier molecular flexibility index (Phi) is 6.19. The highest BCUT2D eigenvalue weighted by molar-refractivity contribution is 6.33. The number of anilines is 3. The lowest BCUT2D eigenvalue weighted by molar-refractivity contribution is -0.119. The number of imide groups is 1. The van der Waals surface area contributed by atoms with E-state index in [0.717, 1.165) is 16.2 Å². The number of carbonyl (C=O) groups excluding carboxylic acids is 2. The van der Waals surface area contributed by atoms with Gasteiger partial charge in [0, 0.05) is 23.2 Å². The number of aryl methyl sites for hydroxylation is 1. The van der Waals surface area contributed by atoms with Gasteiger partial charge in [0.15, 0.2) is 5.82 Å². The molecule has 1 fully saturated rings. The number of benzene rings is 2. The molecule has 0 bridgehead atoms. The zero-order chi connectivity index (χ0) is 30.1. The second kappa shape index (κ2) is 9.45. The van der Waals surface area contributed by atoms with Gasteiger partial charge in [0.05, 0.1) is 34.4 Å². The molecule has 2 atom stereocenters. The van der Waals surface area contributed by atoms with Crippen LogP contribution in [0.15, 0.2) is 48.7 Å². The molecule has 2 aromatic carbocycles.